The van der Waals surface area contributed by atoms with Gasteiger partial charge in [-0.15, -0.1) is 0 Å². The first kappa shape index (κ1) is 21.1. The van der Waals surface area contributed by atoms with Crippen molar-refractivity contribution in [2.75, 3.05) is 0 Å². The molecule has 0 heterocycles. The standard InChI is InChI=1S/C10H13NO4S.C6H5NO3/c1-7-3-5-9(6-4-7)16(14,15)11-8(2)10(12)13;8-6-3-1-5(2-4-6)7(9)10/h3-6,8,11H,1-2H3,(H,12,13);1-4,8H/t8-;/m0./s1. The van der Waals surface area contributed by atoms with Gasteiger partial charge in [-0.3, -0.25) is 14.9 Å². The Morgan fingerprint density at radius 2 is 1.62 bits per heavy atom. The summed E-state index contributed by atoms with van der Waals surface area (Å²) in [6, 6.07) is 10.1. The third-order valence-electron chi connectivity index (χ3n) is 3.09. The van der Waals surface area contributed by atoms with Gasteiger partial charge in [0.1, 0.15) is 11.8 Å². The SMILES string of the molecule is Cc1ccc(S(=O)(=O)N[C@@H](C)C(=O)O)cc1.O=[N+]([O-])c1ccc(O)cc1. The number of hydrogen-bond acceptors (Lipinski definition) is 6. The summed E-state index contributed by atoms with van der Waals surface area (Å²) in [5, 5.41) is 27.4. The van der Waals surface area contributed by atoms with Crippen LogP contribution < -0.4 is 4.72 Å². The van der Waals surface area contributed by atoms with E-state index in [9.17, 15) is 23.3 Å². The monoisotopic (exact) mass is 382 g/mol. The molecule has 0 aliphatic rings. The van der Waals surface area contributed by atoms with E-state index in [1.54, 1.807) is 12.1 Å². The summed E-state index contributed by atoms with van der Waals surface area (Å²) in [5.74, 6) is -1.18. The molecule has 3 N–H and O–H groups in total. The Morgan fingerprint density at radius 3 is 2.04 bits per heavy atom. The first-order valence-corrected chi connectivity index (χ1v) is 8.76. The van der Waals surface area contributed by atoms with Crippen LogP contribution in [0, 0.1) is 17.0 Å². The average molecular weight is 382 g/mol. The van der Waals surface area contributed by atoms with E-state index in [0.29, 0.717) is 0 Å². The average Bonchev–Trinajstić information content (AvgIpc) is 2.55. The smallest absolute Gasteiger partial charge is 0.321 e. The van der Waals surface area contributed by atoms with Gasteiger partial charge in [0.25, 0.3) is 5.69 Å². The number of aliphatic carboxylic acids is 1. The van der Waals surface area contributed by atoms with Crippen LogP contribution in [-0.2, 0) is 14.8 Å². The van der Waals surface area contributed by atoms with Gasteiger partial charge < -0.3 is 10.2 Å². The van der Waals surface area contributed by atoms with Gasteiger partial charge in [-0.05, 0) is 38.1 Å². The minimum absolute atomic E-state index is 0.0159. The normalized spacial score (nSPS) is 11.8. The molecule has 0 amide bonds. The van der Waals surface area contributed by atoms with E-state index in [1.807, 2.05) is 6.92 Å². The van der Waals surface area contributed by atoms with Crippen molar-refractivity contribution in [2.24, 2.45) is 0 Å². The Kier molecular flexibility index (Phi) is 7.23. The zero-order chi connectivity index (χ0) is 19.9. The molecule has 0 aliphatic carbocycles. The summed E-state index contributed by atoms with van der Waals surface area (Å²) in [6.45, 7) is 3.11. The maximum absolute atomic E-state index is 11.7. The van der Waals surface area contributed by atoms with Crippen molar-refractivity contribution < 1.29 is 28.3 Å². The van der Waals surface area contributed by atoms with E-state index >= 15 is 0 Å². The largest absolute Gasteiger partial charge is 0.508 e. The fraction of sp³-hybridized carbons (Fsp3) is 0.188. The Bertz CT molecular complexity index is 862. The first-order valence-electron chi connectivity index (χ1n) is 7.28. The molecule has 1 atom stereocenters. The van der Waals surface area contributed by atoms with Crippen LogP contribution in [0.2, 0.25) is 0 Å². The number of nitrogens with one attached hydrogen (secondary N) is 1. The van der Waals surface area contributed by atoms with Crippen LogP contribution >= 0.6 is 0 Å². The number of hydrogen-bond donors (Lipinski definition) is 3. The molecule has 0 unspecified atom stereocenters. The fourth-order valence-corrected chi connectivity index (χ4v) is 2.84. The number of carboxylic acid groups (broad SMARTS) is 1. The van der Waals surface area contributed by atoms with Gasteiger partial charge in [-0.25, -0.2) is 8.42 Å². The second-order valence-electron chi connectivity index (χ2n) is 5.27. The molecule has 0 spiro atoms. The fourth-order valence-electron chi connectivity index (χ4n) is 1.64. The van der Waals surface area contributed by atoms with Crippen molar-refractivity contribution in [1.29, 1.82) is 0 Å². The van der Waals surface area contributed by atoms with Gasteiger partial charge in [-0.1, -0.05) is 17.7 Å². The number of non-ortho nitro benzene ring substituents is 1. The summed E-state index contributed by atoms with van der Waals surface area (Å²) in [5.41, 5.74) is 0.919. The Morgan fingerprint density at radius 1 is 1.12 bits per heavy atom. The number of nitrogens with zero attached hydrogens (tertiary/aromatic N) is 1. The molecule has 0 saturated carbocycles. The summed E-state index contributed by atoms with van der Waals surface area (Å²) >= 11 is 0. The van der Waals surface area contributed by atoms with Gasteiger partial charge >= 0.3 is 5.97 Å². The van der Waals surface area contributed by atoms with Crippen LogP contribution in [0.3, 0.4) is 0 Å². The Balaban J connectivity index is 0.000000289. The van der Waals surface area contributed by atoms with Crippen molar-refractivity contribution in [1.82, 2.24) is 4.72 Å². The number of carboxylic acids is 1. The molecule has 0 bridgehead atoms. The number of phenolic OH excluding ortho intramolecular Hbond substituents is 1. The third kappa shape index (κ3) is 6.49. The number of aryl methyl sites for hydroxylation is 1. The molecule has 0 saturated heterocycles. The van der Waals surface area contributed by atoms with E-state index < -0.39 is 27.0 Å². The lowest BCUT2D eigenvalue weighted by molar-refractivity contribution is -0.384. The quantitative estimate of drug-likeness (QED) is 0.529. The van der Waals surface area contributed by atoms with Gasteiger partial charge in [0, 0.05) is 12.1 Å². The topological polar surface area (TPSA) is 147 Å². The second-order valence-corrected chi connectivity index (χ2v) is 6.98. The van der Waals surface area contributed by atoms with Gasteiger partial charge in [0.15, 0.2) is 0 Å². The second kappa shape index (κ2) is 8.92. The van der Waals surface area contributed by atoms with E-state index in [-0.39, 0.29) is 16.3 Å². The summed E-state index contributed by atoms with van der Waals surface area (Å²) in [7, 11) is -3.75. The van der Waals surface area contributed by atoms with Crippen molar-refractivity contribution in [3.05, 3.63) is 64.2 Å². The van der Waals surface area contributed by atoms with Crippen LogP contribution in [-0.4, -0.2) is 35.6 Å². The summed E-state index contributed by atoms with van der Waals surface area (Å²) in [6.07, 6.45) is 0. The predicted octanol–water partition coefficient (Wildman–Crippen LogP) is 2.05. The Hall–Kier alpha value is -2.98. The van der Waals surface area contributed by atoms with Crippen LogP contribution in [0.1, 0.15) is 12.5 Å². The number of carbonyl (C=O) groups is 1. The number of sulfonamides is 1. The van der Waals surface area contributed by atoms with Crippen molar-refractivity contribution in [3.63, 3.8) is 0 Å². The maximum atomic E-state index is 11.7. The Labute approximate surface area is 150 Å². The highest BCUT2D eigenvalue weighted by atomic mass is 32.2. The number of aromatic hydroxyl groups is 1. The number of phenols is 1. The maximum Gasteiger partial charge on any atom is 0.321 e. The number of nitro groups is 1. The van der Waals surface area contributed by atoms with E-state index in [2.05, 4.69) is 4.72 Å². The molecule has 2 rings (SSSR count). The van der Waals surface area contributed by atoms with Gasteiger partial charge in [0.05, 0.1) is 9.82 Å². The van der Waals surface area contributed by atoms with Crippen molar-refractivity contribution in [3.8, 4) is 5.75 Å². The highest BCUT2D eigenvalue weighted by Crippen LogP contribution is 2.15. The minimum Gasteiger partial charge on any atom is -0.508 e. The lowest BCUT2D eigenvalue weighted by Crippen LogP contribution is -2.38. The molecule has 2 aromatic carbocycles. The number of benzene rings is 2. The zero-order valence-electron chi connectivity index (χ0n) is 14.0. The van der Waals surface area contributed by atoms with E-state index in [0.717, 1.165) is 5.56 Å². The number of rotatable bonds is 5. The molecular formula is C16H18N2O7S. The van der Waals surface area contributed by atoms with Gasteiger partial charge in [-0.2, -0.15) is 4.72 Å². The lowest BCUT2D eigenvalue weighted by Gasteiger charge is -2.10. The predicted molar refractivity (Wildman–Crippen MR) is 93.4 cm³/mol. The van der Waals surface area contributed by atoms with Crippen LogP contribution in [0.5, 0.6) is 5.75 Å². The highest BCUT2D eigenvalue weighted by molar-refractivity contribution is 7.89. The molecule has 0 aliphatic heterocycles. The summed E-state index contributed by atoms with van der Waals surface area (Å²) < 4.78 is 25.4. The number of nitro benzene ring substituents is 1. The molecule has 2 aromatic rings. The third-order valence-corrected chi connectivity index (χ3v) is 4.65. The molecular weight excluding hydrogens is 364 g/mol. The molecule has 0 aromatic heterocycles. The lowest BCUT2D eigenvalue weighted by atomic mass is 10.2. The van der Waals surface area contributed by atoms with E-state index in [4.69, 9.17) is 10.2 Å². The molecule has 9 nitrogen and oxygen atoms in total. The van der Waals surface area contributed by atoms with Crippen LogP contribution in [0.4, 0.5) is 5.69 Å². The van der Waals surface area contributed by atoms with Crippen LogP contribution in [0.15, 0.2) is 53.4 Å². The molecule has 10 heteroatoms. The van der Waals surface area contributed by atoms with Gasteiger partial charge in [0.2, 0.25) is 10.0 Å². The molecule has 0 fully saturated rings. The first-order chi connectivity index (χ1) is 12.0. The van der Waals surface area contributed by atoms with E-state index in [1.165, 1.54) is 43.3 Å². The van der Waals surface area contributed by atoms with Crippen molar-refractivity contribution in [2.45, 2.75) is 24.8 Å². The minimum atomic E-state index is -3.75. The summed E-state index contributed by atoms with van der Waals surface area (Å²) in [4.78, 5) is 20.1. The zero-order valence-corrected chi connectivity index (χ0v) is 14.8. The molecule has 140 valence electrons. The molecule has 26 heavy (non-hydrogen) atoms. The highest BCUT2D eigenvalue weighted by Gasteiger charge is 2.20. The van der Waals surface area contributed by atoms with Crippen LogP contribution in [0.25, 0.3) is 0 Å². The molecule has 0 radical (unpaired) electrons. The van der Waals surface area contributed by atoms with Crippen molar-refractivity contribution >= 4 is 21.7 Å².